The molecule has 0 bridgehead atoms. The van der Waals surface area contributed by atoms with Crippen molar-refractivity contribution < 1.29 is 9.53 Å². The van der Waals surface area contributed by atoms with Crippen LogP contribution in [-0.4, -0.2) is 56.3 Å². The minimum Gasteiger partial charge on any atom is -0.378 e. The summed E-state index contributed by atoms with van der Waals surface area (Å²) < 4.78 is 5.40. The van der Waals surface area contributed by atoms with Gasteiger partial charge in [0, 0.05) is 43.3 Å². The summed E-state index contributed by atoms with van der Waals surface area (Å²) in [7, 11) is 0. The Bertz CT molecular complexity index is 771. The third-order valence-corrected chi connectivity index (χ3v) is 6.13. The monoisotopic (exact) mass is 386 g/mol. The zero-order valence-electron chi connectivity index (χ0n) is 15.7. The number of nitrogens with one attached hydrogen (secondary N) is 1. The highest BCUT2D eigenvalue weighted by molar-refractivity contribution is 7.13. The largest absolute Gasteiger partial charge is 0.378 e. The summed E-state index contributed by atoms with van der Waals surface area (Å²) in [4.78, 5) is 21.6. The summed E-state index contributed by atoms with van der Waals surface area (Å²) >= 11 is 1.67. The van der Waals surface area contributed by atoms with Gasteiger partial charge in [-0.3, -0.25) is 4.79 Å². The first kappa shape index (κ1) is 18.3. The normalized spacial score (nSPS) is 20.1. The smallest absolute Gasteiger partial charge is 0.224 e. The van der Waals surface area contributed by atoms with Crippen LogP contribution in [0.3, 0.4) is 0 Å². The summed E-state index contributed by atoms with van der Waals surface area (Å²) in [6, 6.07) is 8.54. The van der Waals surface area contributed by atoms with Crippen molar-refractivity contribution in [3.63, 3.8) is 0 Å². The average molecular weight is 387 g/mol. The number of anilines is 2. The van der Waals surface area contributed by atoms with Gasteiger partial charge in [-0.15, -0.1) is 11.3 Å². The number of amides is 1. The number of ether oxygens (including phenoxy) is 1. The van der Waals surface area contributed by atoms with Crippen LogP contribution in [0.2, 0.25) is 0 Å². The molecule has 6 nitrogen and oxygen atoms in total. The molecule has 0 aliphatic carbocycles. The number of carbonyl (C=O) groups is 1. The second-order valence-corrected chi connectivity index (χ2v) is 8.05. The molecule has 1 atom stereocenters. The predicted molar refractivity (Wildman–Crippen MR) is 109 cm³/mol. The van der Waals surface area contributed by atoms with Crippen molar-refractivity contribution in [3.8, 4) is 0 Å². The molecule has 7 heteroatoms. The number of thiazole rings is 1. The van der Waals surface area contributed by atoms with Crippen LogP contribution in [0, 0.1) is 6.92 Å². The zero-order valence-corrected chi connectivity index (χ0v) is 16.5. The Labute approximate surface area is 164 Å². The van der Waals surface area contributed by atoms with E-state index in [1.807, 2.05) is 6.92 Å². The van der Waals surface area contributed by atoms with E-state index in [0.29, 0.717) is 6.42 Å². The van der Waals surface area contributed by atoms with Gasteiger partial charge < -0.3 is 19.9 Å². The Balaban J connectivity index is 1.27. The van der Waals surface area contributed by atoms with E-state index in [1.165, 1.54) is 5.69 Å². The molecule has 27 heavy (non-hydrogen) atoms. The number of aromatic nitrogens is 1. The number of benzene rings is 1. The van der Waals surface area contributed by atoms with Crippen molar-refractivity contribution in [1.82, 2.24) is 10.3 Å². The molecular weight excluding hydrogens is 360 g/mol. The molecule has 1 aromatic heterocycles. The molecule has 1 aromatic carbocycles. The molecule has 144 valence electrons. The van der Waals surface area contributed by atoms with Crippen molar-refractivity contribution >= 4 is 28.1 Å². The molecule has 0 unspecified atom stereocenters. The summed E-state index contributed by atoms with van der Waals surface area (Å²) in [5.41, 5.74) is 3.31. The minimum atomic E-state index is 0.0938. The Morgan fingerprint density at radius 1 is 1.22 bits per heavy atom. The van der Waals surface area contributed by atoms with Gasteiger partial charge in [0.25, 0.3) is 0 Å². The molecule has 2 saturated heterocycles. The maximum Gasteiger partial charge on any atom is 0.224 e. The van der Waals surface area contributed by atoms with Gasteiger partial charge in [-0.1, -0.05) is 12.1 Å². The third kappa shape index (κ3) is 4.59. The predicted octanol–water partition coefficient (Wildman–Crippen LogP) is 2.23. The lowest BCUT2D eigenvalue weighted by molar-refractivity contribution is -0.121. The van der Waals surface area contributed by atoms with Crippen molar-refractivity contribution in [2.24, 2.45) is 0 Å². The fourth-order valence-electron chi connectivity index (χ4n) is 3.65. The first-order valence-corrected chi connectivity index (χ1v) is 10.4. The average Bonchev–Trinajstić information content (AvgIpc) is 3.32. The Morgan fingerprint density at radius 3 is 2.70 bits per heavy atom. The van der Waals surface area contributed by atoms with Gasteiger partial charge >= 0.3 is 0 Å². The summed E-state index contributed by atoms with van der Waals surface area (Å²) in [5.74, 6) is 0.0938. The Hall–Kier alpha value is -2.12. The third-order valence-electron chi connectivity index (χ3n) is 5.11. The highest BCUT2D eigenvalue weighted by atomic mass is 32.1. The molecule has 2 fully saturated rings. The van der Waals surface area contributed by atoms with E-state index in [-0.39, 0.29) is 11.9 Å². The van der Waals surface area contributed by atoms with Gasteiger partial charge in [-0.2, -0.15) is 0 Å². The lowest BCUT2D eigenvalue weighted by Crippen LogP contribution is -2.38. The van der Waals surface area contributed by atoms with Crippen molar-refractivity contribution in [1.29, 1.82) is 0 Å². The molecule has 4 rings (SSSR count). The molecule has 0 saturated carbocycles. The van der Waals surface area contributed by atoms with Crippen LogP contribution in [-0.2, 0) is 16.0 Å². The van der Waals surface area contributed by atoms with E-state index in [0.717, 1.165) is 62.2 Å². The Kier molecular flexibility index (Phi) is 5.59. The van der Waals surface area contributed by atoms with Crippen molar-refractivity contribution in [2.75, 3.05) is 49.2 Å². The van der Waals surface area contributed by atoms with Crippen LogP contribution in [0.5, 0.6) is 0 Å². The molecular formula is C20H26N4O2S. The summed E-state index contributed by atoms with van der Waals surface area (Å²) in [6.07, 6.45) is 1.40. The maximum absolute atomic E-state index is 12.4. The second kappa shape index (κ2) is 8.27. The highest BCUT2D eigenvalue weighted by Gasteiger charge is 2.25. The number of rotatable bonds is 5. The molecule has 0 spiro atoms. The number of hydrogen-bond acceptors (Lipinski definition) is 6. The van der Waals surface area contributed by atoms with Crippen LogP contribution in [0.25, 0.3) is 0 Å². The lowest BCUT2D eigenvalue weighted by Gasteiger charge is -2.28. The van der Waals surface area contributed by atoms with E-state index < -0.39 is 0 Å². The molecule has 2 aliphatic heterocycles. The zero-order chi connectivity index (χ0) is 18.6. The minimum absolute atomic E-state index is 0.0938. The number of nitrogens with zero attached hydrogens (tertiary/aromatic N) is 3. The maximum atomic E-state index is 12.4. The van der Waals surface area contributed by atoms with Crippen LogP contribution >= 0.6 is 11.3 Å². The first-order chi connectivity index (χ1) is 13.2. The second-order valence-electron chi connectivity index (χ2n) is 7.21. The van der Waals surface area contributed by atoms with E-state index in [9.17, 15) is 4.79 Å². The van der Waals surface area contributed by atoms with E-state index >= 15 is 0 Å². The quantitative estimate of drug-likeness (QED) is 0.854. The molecule has 2 aromatic rings. The molecule has 1 amide bonds. The molecule has 1 N–H and O–H groups in total. The first-order valence-electron chi connectivity index (χ1n) is 9.55. The van der Waals surface area contributed by atoms with Crippen LogP contribution in [0.15, 0.2) is 29.6 Å². The molecule has 2 aliphatic rings. The van der Waals surface area contributed by atoms with E-state index in [2.05, 4.69) is 49.7 Å². The fraction of sp³-hybridized carbons (Fsp3) is 0.500. The number of hydrogen-bond donors (Lipinski definition) is 1. The van der Waals surface area contributed by atoms with Gasteiger partial charge in [-0.25, -0.2) is 4.98 Å². The Morgan fingerprint density at radius 2 is 2.00 bits per heavy atom. The SMILES string of the molecule is Cc1csc(N2CC[C@@H](NC(=O)Cc3ccc(N4CCOCC4)cc3)C2)n1. The molecule has 3 heterocycles. The van der Waals surface area contributed by atoms with Gasteiger partial charge in [-0.05, 0) is 31.0 Å². The molecule has 0 radical (unpaired) electrons. The number of morpholine rings is 1. The van der Waals surface area contributed by atoms with Crippen molar-refractivity contribution in [2.45, 2.75) is 25.8 Å². The van der Waals surface area contributed by atoms with Gasteiger partial charge in [0.05, 0.1) is 25.3 Å². The lowest BCUT2D eigenvalue weighted by atomic mass is 10.1. The van der Waals surface area contributed by atoms with Crippen LogP contribution in [0.4, 0.5) is 10.8 Å². The van der Waals surface area contributed by atoms with Crippen molar-refractivity contribution in [3.05, 3.63) is 40.9 Å². The van der Waals surface area contributed by atoms with Gasteiger partial charge in [0.15, 0.2) is 5.13 Å². The van der Waals surface area contributed by atoms with Gasteiger partial charge in [0.2, 0.25) is 5.91 Å². The topological polar surface area (TPSA) is 57.7 Å². The van der Waals surface area contributed by atoms with Crippen LogP contribution in [0.1, 0.15) is 17.7 Å². The summed E-state index contributed by atoms with van der Waals surface area (Å²) in [5, 5.41) is 6.31. The number of aryl methyl sites for hydroxylation is 1. The van der Waals surface area contributed by atoms with Crippen LogP contribution < -0.4 is 15.1 Å². The van der Waals surface area contributed by atoms with E-state index in [4.69, 9.17) is 4.74 Å². The van der Waals surface area contributed by atoms with Gasteiger partial charge in [0.1, 0.15) is 0 Å². The summed E-state index contributed by atoms with van der Waals surface area (Å²) in [6.45, 7) is 7.22. The van der Waals surface area contributed by atoms with E-state index in [1.54, 1.807) is 11.3 Å². The fourth-order valence-corrected chi connectivity index (χ4v) is 4.49. The highest BCUT2D eigenvalue weighted by Crippen LogP contribution is 2.24. The standard InChI is InChI=1S/C20H26N4O2S/c1-15-14-27-20(21-15)24-7-6-17(13-24)22-19(25)12-16-2-4-18(5-3-16)23-8-10-26-11-9-23/h2-5,14,17H,6-13H2,1H3,(H,22,25)/t17-/m1/s1. The number of carbonyl (C=O) groups excluding carboxylic acids is 1.